The fraction of sp³-hybridized carbons (Fsp3) is 0.600. The van der Waals surface area contributed by atoms with E-state index in [1.54, 1.807) is 12.3 Å². The van der Waals surface area contributed by atoms with Crippen molar-refractivity contribution >= 4 is 5.69 Å². The largest absolute Gasteiger partial charge is 0.371 e. The molecule has 0 amide bonds. The molecule has 104 valence electrons. The van der Waals surface area contributed by atoms with Crippen LogP contribution in [0.4, 0.5) is 5.69 Å². The van der Waals surface area contributed by atoms with E-state index < -0.39 is 0 Å². The van der Waals surface area contributed by atoms with Crippen molar-refractivity contribution in [3.05, 3.63) is 24.0 Å². The highest BCUT2D eigenvalue weighted by Gasteiger charge is 2.06. The Morgan fingerprint density at radius 1 is 1.11 bits per heavy atom. The lowest BCUT2D eigenvalue weighted by atomic mass is 10.3. The maximum absolute atomic E-state index is 8.75. The fourth-order valence-electron chi connectivity index (χ4n) is 2.13. The molecule has 0 aliphatic heterocycles. The van der Waals surface area contributed by atoms with Crippen LogP contribution in [0.15, 0.2) is 18.3 Å². The Labute approximate surface area is 116 Å². The molecule has 0 atom stereocenters. The van der Waals surface area contributed by atoms with E-state index in [1.807, 2.05) is 12.1 Å². The average molecular weight is 260 g/mol. The Bertz CT molecular complexity index is 390. The Balaban J connectivity index is 2.51. The van der Waals surface area contributed by atoms with Gasteiger partial charge in [-0.15, -0.1) is 0 Å². The monoisotopic (exact) mass is 260 g/mol. The van der Waals surface area contributed by atoms with Gasteiger partial charge in [0.25, 0.3) is 0 Å². The minimum atomic E-state index is 0.475. The first-order valence-corrected chi connectivity index (χ1v) is 7.08. The lowest BCUT2D eigenvalue weighted by Gasteiger charge is -2.25. The lowest BCUT2D eigenvalue weighted by molar-refractivity contribution is 0.301. The third-order valence-corrected chi connectivity index (χ3v) is 3.41. The molecule has 0 aliphatic rings. The molecule has 0 N–H and O–H groups in total. The minimum Gasteiger partial charge on any atom is -0.371 e. The predicted molar refractivity (Wildman–Crippen MR) is 79.2 cm³/mol. The van der Waals surface area contributed by atoms with Crippen molar-refractivity contribution in [2.24, 2.45) is 0 Å². The second-order valence-electron chi connectivity index (χ2n) is 4.47. The summed E-state index contributed by atoms with van der Waals surface area (Å²) in [5.74, 6) is 0. The van der Waals surface area contributed by atoms with Crippen molar-refractivity contribution < 1.29 is 0 Å². The molecule has 0 bridgehead atoms. The van der Waals surface area contributed by atoms with E-state index in [-0.39, 0.29) is 0 Å². The number of nitrogens with zero attached hydrogens (tertiary/aromatic N) is 4. The molecule has 1 heterocycles. The Morgan fingerprint density at radius 2 is 1.84 bits per heavy atom. The summed E-state index contributed by atoms with van der Waals surface area (Å²) in [7, 11) is 0. The van der Waals surface area contributed by atoms with Crippen LogP contribution in [0.25, 0.3) is 0 Å². The zero-order valence-corrected chi connectivity index (χ0v) is 12.3. The number of anilines is 1. The second kappa shape index (κ2) is 8.49. The number of hydrogen-bond donors (Lipinski definition) is 0. The lowest BCUT2D eigenvalue weighted by Crippen LogP contribution is -2.30. The summed E-state index contributed by atoms with van der Waals surface area (Å²) in [6.07, 6.45) is 2.94. The van der Waals surface area contributed by atoms with Gasteiger partial charge >= 0.3 is 0 Å². The quantitative estimate of drug-likeness (QED) is 0.720. The van der Waals surface area contributed by atoms with Gasteiger partial charge in [-0.05, 0) is 45.1 Å². The van der Waals surface area contributed by atoms with Crippen molar-refractivity contribution in [3.63, 3.8) is 0 Å². The summed E-state index contributed by atoms with van der Waals surface area (Å²) < 4.78 is 0. The van der Waals surface area contributed by atoms with Crippen LogP contribution in [-0.2, 0) is 0 Å². The smallest absolute Gasteiger partial charge is 0.140 e. The average Bonchev–Trinajstić information content (AvgIpc) is 2.48. The van der Waals surface area contributed by atoms with Crippen LogP contribution >= 0.6 is 0 Å². The molecule has 0 saturated heterocycles. The normalized spacial score (nSPS) is 10.5. The zero-order valence-electron chi connectivity index (χ0n) is 12.3. The Kier molecular flexibility index (Phi) is 6.91. The van der Waals surface area contributed by atoms with Gasteiger partial charge in [-0.1, -0.05) is 13.8 Å². The van der Waals surface area contributed by atoms with Gasteiger partial charge in [-0.2, -0.15) is 5.26 Å². The van der Waals surface area contributed by atoms with Crippen molar-refractivity contribution in [2.75, 3.05) is 37.6 Å². The molecule has 19 heavy (non-hydrogen) atoms. The first-order chi connectivity index (χ1) is 9.24. The molecule has 1 rings (SSSR count). The van der Waals surface area contributed by atoms with E-state index in [4.69, 9.17) is 5.26 Å². The molecule has 4 nitrogen and oxygen atoms in total. The number of nitriles is 1. The van der Waals surface area contributed by atoms with Gasteiger partial charge in [0.05, 0.1) is 11.9 Å². The van der Waals surface area contributed by atoms with E-state index in [1.165, 1.54) is 0 Å². The van der Waals surface area contributed by atoms with E-state index in [0.717, 1.165) is 44.8 Å². The van der Waals surface area contributed by atoms with Crippen LogP contribution in [0.5, 0.6) is 0 Å². The summed E-state index contributed by atoms with van der Waals surface area (Å²) >= 11 is 0. The van der Waals surface area contributed by atoms with Gasteiger partial charge < -0.3 is 9.80 Å². The molecule has 0 aliphatic carbocycles. The van der Waals surface area contributed by atoms with E-state index >= 15 is 0 Å². The molecule has 0 unspecified atom stereocenters. The highest BCUT2D eigenvalue weighted by Crippen LogP contribution is 2.13. The summed E-state index contributed by atoms with van der Waals surface area (Å²) in [6.45, 7) is 11.9. The Morgan fingerprint density at radius 3 is 2.32 bits per heavy atom. The van der Waals surface area contributed by atoms with Gasteiger partial charge in [-0.3, -0.25) is 0 Å². The van der Waals surface area contributed by atoms with Gasteiger partial charge in [0, 0.05) is 13.1 Å². The highest BCUT2D eigenvalue weighted by molar-refractivity contribution is 5.45. The molecule has 0 saturated carbocycles. The predicted octanol–water partition coefficient (Wildman–Crippen LogP) is 2.51. The Hall–Kier alpha value is -1.60. The first kappa shape index (κ1) is 15.5. The van der Waals surface area contributed by atoms with E-state index in [2.05, 4.69) is 35.6 Å². The van der Waals surface area contributed by atoms with Gasteiger partial charge in [0.2, 0.25) is 0 Å². The minimum absolute atomic E-state index is 0.475. The summed E-state index contributed by atoms with van der Waals surface area (Å²) in [6, 6.07) is 5.81. The summed E-state index contributed by atoms with van der Waals surface area (Å²) in [5.41, 5.74) is 1.57. The maximum atomic E-state index is 8.75. The molecule has 1 aromatic rings. The first-order valence-electron chi connectivity index (χ1n) is 7.08. The van der Waals surface area contributed by atoms with Crippen molar-refractivity contribution in [3.8, 4) is 6.07 Å². The number of pyridine rings is 1. The highest BCUT2D eigenvalue weighted by atomic mass is 15.1. The van der Waals surface area contributed by atoms with E-state index in [0.29, 0.717) is 5.69 Å². The van der Waals surface area contributed by atoms with Crippen LogP contribution < -0.4 is 4.90 Å². The van der Waals surface area contributed by atoms with Gasteiger partial charge in [0.1, 0.15) is 11.8 Å². The number of aromatic nitrogens is 1. The molecule has 0 fully saturated rings. The molecule has 0 spiro atoms. The van der Waals surface area contributed by atoms with Crippen LogP contribution in [0, 0.1) is 11.3 Å². The van der Waals surface area contributed by atoms with Crippen LogP contribution in [0.1, 0.15) is 32.9 Å². The molecule has 4 heteroatoms. The van der Waals surface area contributed by atoms with Crippen LogP contribution in [0.2, 0.25) is 0 Å². The third kappa shape index (κ3) is 4.88. The summed E-state index contributed by atoms with van der Waals surface area (Å²) in [5, 5.41) is 8.75. The second-order valence-corrected chi connectivity index (χ2v) is 4.47. The SMILES string of the molecule is CCN(CC)CCCN(CC)c1ccc(C#N)nc1. The van der Waals surface area contributed by atoms with Crippen LogP contribution in [0.3, 0.4) is 0 Å². The van der Waals surface area contributed by atoms with Crippen molar-refractivity contribution in [1.29, 1.82) is 5.26 Å². The molecule has 1 aromatic heterocycles. The topological polar surface area (TPSA) is 43.2 Å². The molecule has 0 radical (unpaired) electrons. The molecular weight excluding hydrogens is 236 g/mol. The van der Waals surface area contributed by atoms with Crippen molar-refractivity contribution in [1.82, 2.24) is 9.88 Å². The zero-order chi connectivity index (χ0) is 14.1. The maximum Gasteiger partial charge on any atom is 0.140 e. The fourth-order valence-corrected chi connectivity index (χ4v) is 2.13. The number of hydrogen-bond acceptors (Lipinski definition) is 4. The van der Waals surface area contributed by atoms with Gasteiger partial charge in [0.15, 0.2) is 0 Å². The van der Waals surface area contributed by atoms with E-state index in [9.17, 15) is 0 Å². The van der Waals surface area contributed by atoms with Gasteiger partial charge in [-0.25, -0.2) is 4.98 Å². The number of rotatable bonds is 8. The summed E-state index contributed by atoms with van der Waals surface area (Å²) in [4.78, 5) is 8.87. The third-order valence-electron chi connectivity index (χ3n) is 3.41. The standard InChI is InChI=1S/C15H24N4/c1-4-18(5-2)10-7-11-19(6-3)15-9-8-14(12-16)17-13-15/h8-9,13H,4-7,10-11H2,1-3H3. The molecule has 0 aromatic carbocycles. The van der Waals surface area contributed by atoms with Crippen LogP contribution in [-0.4, -0.2) is 42.6 Å². The van der Waals surface area contributed by atoms with Crippen molar-refractivity contribution in [2.45, 2.75) is 27.2 Å². The molecular formula is C15H24N4.